The van der Waals surface area contributed by atoms with Crippen LogP contribution in [0.2, 0.25) is 0 Å². The molecule has 1 aromatic heterocycles. The Morgan fingerprint density at radius 1 is 1.19 bits per heavy atom. The van der Waals surface area contributed by atoms with E-state index in [1.807, 2.05) is 67.4 Å². The van der Waals surface area contributed by atoms with Crippen LogP contribution in [0.15, 0.2) is 59.1 Å². The minimum absolute atomic E-state index is 0.00520. The molecule has 138 valence electrons. The van der Waals surface area contributed by atoms with Crippen molar-refractivity contribution in [2.45, 2.75) is 19.4 Å². The summed E-state index contributed by atoms with van der Waals surface area (Å²) in [5.41, 5.74) is 3.50. The Morgan fingerprint density at radius 2 is 1.96 bits per heavy atom. The van der Waals surface area contributed by atoms with Crippen LogP contribution >= 0.6 is 0 Å². The van der Waals surface area contributed by atoms with Crippen molar-refractivity contribution < 1.29 is 9.21 Å². The van der Waals surface area contributed by atoms with Crippen molar-refractivity contribution >= 4 is 5.91 Å². The number of carbonyl (C=O) groups excluding carboxylic acids is 1. The summed E-state index contributed by atoms with van der Waals surface area (Å²) in [4.78, 5) is 19.3. The largest absolute Gasteiger partial charge is 0.436 e. The van der Waals surface area contributed by atoms with E-state index in [0.717, 1.165) is 30.6 Å². The fourth-order valence-electron chi connectivity index (χ4n) is 3.43. The van der Waals surface area contributed by atoms with E-state index in [1.165, 1.54) is 5.56 Å². The lowest BCUT2D eigenvalue weighted by atomic mass is 10.1. The average molecular weight is 361 g/mol. The predicted molar refractivity (Wildman–Crippen MR) is 105 cm³/mol. The van der Waals surface area contributed by atoms with Gasteiger partial charge in [0.1, 0.15) is 0 Å². The number of aryl methyl sites for hydroxylation is 1. The Balaban J connectivity index is 1.65. The van der Waals surface area contributed by atoms with E-state index in [2.05, 4.69) is 10.3 Å². The average Bonchev–Trinajstić information content (AvgIpc) is 3.40. The molecule has 1 amide bonds. The van der Waals surface area contributed by atoms with E-state index in [1.54, 1.807) is 6.20 Å². The molecule has 1 aliphatic rings. The second-order valence-electron chi connectivity index (χ2n) is 7.00. The molecular weight excluding hydrogens is 338 g/mol. The highest BCUT2D eigenvalue weighted by Gasteiger charge is 2.26. The molecule has 1 saturated heterocycles. The van der Waals surface area contributed by atoms with E-state index in [0.29, 0.717) is 17.2 Å². The maximum absolute atomic E-state index is 13.1. The van der Waals surface area contributed by atoms with Crippen LogP contribution in [-0.2, 0) is 0 Å². The van der Waals surface area contributed by atoms with Crippen LogP contribution in [0.5, 0.6) is 0 Å². The van der Waals surface area contributed by atoms with Crippen LogP contribution in [-0.4, -0.2) is 42.0 Å². The maximum Gasteiger partial charge on any atom is 0.254 e. The lowest BCUT2D eigenvalue weighted by molar-refractivity contribution is 0.0744. The Morgan fingerprint density at radius 3 is 2.70 bits per heavy atom. The number of benzene rings is 2. The molecule has 2 heterocycles. The SMILES string of the molecule is Cc1ccc(-c2cnc(-c3ccccc3C(=O)N(C)C3CCNC3)o2)cc1. The molecule has 0 spiro atoms. The van der Waals surface area contributed by atoms with Gasteiger partial charge >= 0.3 is 0 Å². The van der Waals surface area contributed by atoms with Gasteiger partial charge < -0.3 is 14.6 Å². The molecule has 0 bridgehead atoms. The number of likely N-dealkylation sites (N-methyl/N-ethyl adjacent to an activating group) is 1. The second-order valence-corrected chi connectivity index (χ2v) is 7.00. The van der Waals surface area contributed by atoms with Crippen LogP contribution in [0.4, 0.5) is 0 Å². The van der Waals surface area contributed by atoms with E-state index in [9.17, 15) is 4.79 Å². The van der Waals surface area contributed by atoms with Crippen LogP contribution in [0.25, 0.3) is 22.8 Å². The minimum atomic E-state index is -0.00520. The van der Waals surface area contributed by atoms with Gasteiger partial charge in [-0.15, -0.1) is 0 Å². The van der Waals surface area contributed by atoms with Crippen molar-refractivity contribution in [3.8, 4) is 22.8 Å². The first-order chi connectivity index (χ1) is 13.1. The number of rotatable bonds is 4. The van der Waals surface area contributed by atoms with Gasteiger partial charge in [0, 0.05) is 30.8 Å². The van der Waals surface area contributed by atoms with Gasteiger partial charge in [-0.1, -0.05) is 42.0 Å². The zero-order valence-electron chi connectivity index (χ0n) is 15.6. The quantitative estimate of drug-likeness (QED) is 0.769. The molecule has 1 aliphatic heterocycles. The van der Waals surface area contributed by atoms with Crippen LogP contribution in [0.3, 0.4) is 0 Å². The summed E-state index contributed by atoms with van der Waals surface area (Å²) in [7, 11) is 1.87. The summed E-state index contributed by atoms with van der Waals surface area (Å²) in [6.45, 7) is 3.83. The lowest BCUT2D eigenvalue weighted by Crippen LogP contribution is -2.38. The number of oxazole rings is 1. The molecule has 5 heteroatoms. The van der Waals surface area contributed by atoms with E-state index < -0.39 is 0 Å². The Hall–Kier alpha value is -2.92. The zero-order valence-corrected chi connectivity index (χ0v) is 15.6. The summed E-state index contributed by atoms with van der Waals surface area (Å²) < 4.78 is 6.00. The van der Waals surface area contributed by atoms with E-state index in [4.69, 9.17) is 4.42 Å². The van der Waals surface area contributed by atoms with Crippen molar-refractivity contribution in [1.29, 1.82) is 0 Å². The van der Waals surface area contributed by atoms with Gasteiger partial charge in [-0.2, -0.15) is 0 Å². The monoisotopic (exact) mass is 361 g/mol. The summed E-state index contributed by atoms with van der Waals surface area (Å²) in [5, 5.41) is 3.31. The number of amides is 1. The molecule has 2 aromatic carbocycles. The van der Waals surface area contributed by atoms with Gasteiger partial charge in [-0.25, -0.2) is 4.98 Å². The van der Waals surface area contributed by atoms with Crippen LogP contribution in [0.1, 0.15) is 22.3 Å². The Kier molecular flexibility index (Phi) is 4.77. The fraction of sp³-hybridized carbons (Fsp3) is 0.273. The highest BCUT2D eigenvalue weighted by molar-refractivity contribution is 6.00. The molecule has 5 nitrogen and oxygen atoms in total. The van der Waals surface area contributed by atoms with Crippen molar-refractivity contribution in [1.82, 2.24) is 15.2 Å². The number of carbonyl (C=O) groups is 1. The molecule has 27 heavy (non-hydrogen) atoms. The molecular formula is C22H23N3O2. The predicted octanol–water partition coefficient (Wildman–Crippen LogP) is 3.75. The van der Waals surface area contributed by atoms with Gasteiger partial charge in [0.05, 0.1) is 11.8 Å². The van der Waals surface area contributed by atoms with Gasteiger partial charge in [-0.05, 0) is 32.0 Å². The Labute approximate surface area is 159 Å². The fourth-order valence-corrected chi connectivity index (χ4v) is 3.43. The second kappa shape index (κ2) is 7.37. The van der Waals surface area contributed by atoms with Gasteiger partial charge in [0.2, 0.25) is 5.89 Å². The molecule has 1 atom stereocenters. The smallest absolute Gasteiger partial charge is 0.254 e. The van der Waals surface area contributed by atoms with E-state index in [-0.39, 0.29) is 11.9 Å². The third-order valence-corrected chi connectivity index (χ3v) is 5.13. The lowest BCUT2D eigenvalue weighted by Gasteiger charge is -2.24. The number of nitrogens with zero attached hydrogens (tertiary/aromatic N) is 2. The number of nitrogens with one attached hydrogen (secondary N) is 1. The maximum atomic E-state index is 13.1. The summed E-state index contributed by atoms with van der Waals surface area (Å²) in [6.07, 6.45) is 2.69. The van der Waals surface area contributed by atoms with Crippen molar-refractivity contribution in [3.63, 3.8) is 0 Å². The first-order valence-corrected chi connectivity index (χ1v) is 9.23. The number of hydrogen-bond donors (Lipinski definition) is 1. The molecule has 4 rings (SSSR count). The molecule has 1 unspecified atom stereocenters. The zero-order chi connectivity index (χ0) is 18.8. The van der Waals surface area contributed by atoms with E-state index >= 15 is 0 Å². The van der Waals surface area contributed by atoms with Crippen LogP contribution in [0, 0.1) is 6.92 Å². The molecule has 0 radical (unpaired) electrons. The molecule has 1 N–H and O–H groups in total. The number of aromatic nitrogens is 1. The van der Waals surface area contributed by atoms with Crippen molar-refractivity contribution in [2.75, 3.05) is 20.1 Å². The summed E-state index contributed by atoms with van der Waals surface area (Å²) in [5.74, 6) is 1.16. The third kappa shape index (κ3) is 3.51. The highest BCUT2D eigenvalue weighted by atomic mass is 16.4. The normalized spacial score (nSPS) is 16.4. The third-order valence-electron chi connectivity index (χ3n) is 5.13. The molecule has 0 saturated carbocycles. The standard InChI is InChI=1S/C22H23N3O2/c1-15-7-9-16(10-8-15)20-14-24-21(27-20)18-5-3-4-6-19(18)22(26)25(2)17-11-12-23-13-17/h3-10,14,17,23H,11-13H2,1-2H3. The highest BCUT2D eigenvalue weighted by Crippen LogP contribution is 2.29. The minimum Gasteiger partial charge on any atom is -0.436 e. The molecule has 3 aromatic rings. The first kappa shape index (κ1) is 17.5. The summed E-state index contributed by atoms with van der Waals surface area (Å²) >= 11 is 0. The van der Waals surface area contributed by atoms with Crippen molar-refractivity contribution in [3.05, 3.63) is 65.9 Å². The van der Waals surface area contributed by atoms with Crippen molar-refractivity contribution in [2.24, 2.45) is 0 Å². The summed E-state index contributed by atoms with van der Waals surface area (Å²) in [6, 6.07) is 15.8. The van der Waals surface area contributed by atoms with Gasteiger partial charge in [0.15, 0.2) is 5.76 Å². The Bertz CT molecular complexity index is 940. The topological polar surface area (TPSA) is 58.4 Å². The number of hydrogen-bond acceptors (Lipinski definition) is 4. The molecule has 0 aliphatic carbocycles. The van der Waals surface area contributed by atoms with Gasteiger partial charge in [-0.3, -0.25) is 4.79 Å². The van der Waals surface area contributed by atoms with Crippen LogP contribution < -0.4 is 5.32 Å². The first-order valence-electron chi connectivity index (χ1n) is 9.23. The van der Waals surface area contributed by atoms with Gasteiger partial charge in [0.25, 0.3) is 5.91 Å². The molecule has 1 fully saturated rings.